The maximum absolute atomic E-state index is 11.9. The second-order valence-corrected chi connectivity index (χ2v) is 5.08. The van der Waals surface area contributed by atoms with Crippen molar-refractivity contribution >= 4 is 39.1 Å². The Labute approximate surface area is 116 Å². The van der Waals surface area contributed by atoms with Crippen LogP contribution in [0, 0.1) is 10.1 Å². The van der Waals surface area contributed by atoms with Gasteiger partial charge in [-0.3, -0.25) is 20.1 Å². The highest BCUT2D eigenvalue weighted by Gasteiger charge is 2.25. The molecule has 0 aliphatic carbocycles. The van der Waals surface area contributed by atoms with E-state index in [1.54, 1.807) is 13.8 Å². The predicted molar refractivity (Wildman–Crippen MR) is 68.9 cm³/mol. The van der Waals surface area contributed by atoms with Crippen LogP contribution in [0.1, 0.15) is 24.2 Å². The highest BCUT2D eigenvalue weighted by atomic mass is 79.9. The quantitative estimate of drug-likeness (QED) is 0.521. The van der Waals surface area contributed by atoms with Crippen LogP contribution >= 0.6 is 27.5 Å². The van der Waals surface area contributed by atoms with Crippen molar-refractivity contribution in [1.29, 1.82) is 0 Å². The molecule has 0 saturated heterocycles. The van der Waals surface area contributed by atoms with Gasteiger partial charge in [0.1, 0.15) is 5.02 Å². The molecule has 1 aromatic carbocycles. The average molecular weight is 338 g/mol. The van der Waals surface area contributed by atoms with Crippen LogP contribution < -0.4 is 0 Å². The molecule has 0 bridgehead atoms. The van der Waals surface area contributed by atoms with Gasteiger partial charge in [-0.25, -0.2) is 5.06 Å². The number of nitro benzene ring substituents is 1. The third-order valence-electron chi connectivity index (χ3n) is 2.14. The monoisotopic (exact) mass is 336 g/mol. The van der Waals surface area contributed by atoms with Crippen LogP contribution in [-0.2, 0) is 0 Å². The van der Waals surface area contributed by atoms with Crippen molar-refractivity contribution in [2.75, 3.05) is 0 Å². The Bertz CT molecular complexity index is 507. The highest BCUT2D eigenvalue weighted by Crippen LogP contribution is 2.32. The highest BCUT2D eigenvalue weighted by molar-refractivity contribution is 9.10. The lowest BCUT2D eigenvalue weighted by atomic mass is 10.1. The van der Waals surface area contributed by atoms with Gasteiger partial charge in [-0.15, -0.1) is 0 Å². The van der Waals surface area contributed by atoms with Crippen LogP contribution in [0.25, 0.3) is 0 Å². The largest absolute Gasteiger partial charge is 0.289 e. The zero-order valence-electron chi connectivity index (χ0n) is 9.55. The Morgan fingerprint density at radius 1 is 1.56 bits per heavy atom. The van der Waals surface area contributed by atoms with Gasteiger partial charge in [-0.05, 0) is 19.9 Å². The number of nitrogens with zero attached hydrogens (tertiary/aromatic N) is 2. The van der Waals surface area contributed by atoms with E-state index in [4.69, 9.17) is 11.6 Å². The SMILES string of the molecule is CC(C)N(O)C(=O)c1cc(Br)cc([N+](=O)[O-])c1Cl. The van der Waals surface area contributed by atoms with Gasteiger partial charge in [-0.2, -0.15) is 0 Å². The van der Waals surface area contributed by atoms with E-state index in [9.17, 15) is 20.1 Å². The smallest absolute Gasteiger partial charge is 0.285 e. The van der Waals surface area contributed by atoms with Crippen LogP contribution in [-0.4, -0.2) is 27.1 Å². The fourth-order valence-electron chi connectivity index (χ4n) is 1.22. The first kappa shape index (κ1) is 14.9. The van der Waals surface area contributed by atoms with Gasteiger partial charge < -0.3 is 0 Å². The maximum atomic E-state index is 11.9. The number of hydrogen-bond donors (Lipinski definition) is 1. The minimum absolute atomic E-state index is 0.131. The van der Waals surface area contributed by atoms with Gasteiger partial charge in [0.15, 0.2) is 0 Å². The van der Waals surface area contributed by atoms with Crippen LogP contribution in [0.15, 0.2) is 16.6 Å². The number of hydrogen-bond acceptors (Lipinski definition) is 4. The van der Waals surface area contributed by atoms with Crippen molar-refractivity contribution in [3.05, 3.63) is 37.3 Å². The number of halogens is 2. The van der Waals surface area contributed by atoms with Crippen LogP contribution in [0.5, 0.6) is 0 Å². The summed E-state index contributed by atoms with van der Waals surface area (Å²) in [7, 11) is 0. The summed E-state index contributed by atoms with van der Waals surface area (Å²) in [4.78, 5) is 22.0. The molecule has 98 valence electrons. The zero-order valence-corrected chi connectivity index (χ0v) is 11.9. The van der Waals surface area contributed by atoms with Gasteiger partial charge in [0, 0.05) is 10.5 Å². The van der Waals surface area contributed by atoms with Crippen molar-refractivity contribution in [3.63, 3.8) is 0 Å². The van der Waals surface area contributed by atoms with Crippen molar-refractivity contribution in [1.82, 2.24) is 5.06 Å². The summed E-state index contributed by atoms with van der Waals surface area (Å²) in [5, 5.41) is 20.5. The second-order valence-electron chi connectivity index (χ2n) is 3.79. The van der Waals surface area contributed by atoms with E-state index in [0.717, 1.165) is 0 Å². The summed E-state index contributed by atoms with van der Waals surface area (Å²) in [6, 6.07) is 2.05. The second kappa shape index (κ2) is 5.64. The van der Waals surface area contributed by atoms with Gasteiger partial charge in [0.05, 0.1) is 16.5 Å². The number of carbonyl (C=O) groups is 1. The van der Waals surface area contributed by atoms with Crippen molar-refractivity contribution in [2.45, 2.75) is 19.9 Å². The maximum Gasteiger partial charge on any atom is 0.289 e. The Morgan fingerprint density at radius 2 is 2.11 bits per heavy atom. The fourth-order valence-corrected chi connectivity index (χ4v) is 1.93. The lowest BCUT2D eigenvalue weighted by Gasteiger charge is -2.19. The summed E-state index contributed by atoms with van der Waals surface area (Å²) in [6.45, 7) is 3.19. The first-order valence-electron chi connectivity index (χ1n) is 4.91. The van der Waals surface area contributed by atoms with Crippen LogP contribution in [0.2, 0.25) is 5.02 Å². The Kier molecular flexibility index (Phi) is 4.66. The van der Waals surface area contributed by atoms with Crippen LogP contribution in [0.3, 0.4) is 0 Å². The number of rotatable bonds is 3. The molecule has 1 rings (SSSR count). The van der Waals surface area contributed by atoms with Gasteiger partial charge in [0.2, 0.25) is 0 Å². The van der Waals surface area contributed by atoms with Gasteiger partial charge in [0.25, 0.3) is 11.6 Å². The Balaban J connectivity index is 3.33. The number of benzene rings is 1. The van der Waals surface area contributed by atoms with E-state index < -0.39 is 22.6 Å². The van der Waals surface area contributed by atoms with E-state index in [2.05, 4.69) is 15.9 Å². The Morgan fingerprint density at radius 3 is 2.56 bits per heavy atom. The summed E-state index contributed by atoms with van der Waals surface area (Å²) < 4.78 is 0.333. The van der Waals surface area contributed by atoms with Crippen molar-refractivity contribution < 1.29 is 14.9 Å². The van der Waals surface area contributed by atoms with E-state index in [1.807, 2.05) is 0 Å². The molecule has 0 atom stereocenters. The van der Waals surface area contributed by atoms with Crippen molar-refractivity contribution in [3.8, 4) is 0 Å². The summed E-state index contributed by atoms with van der Waals surface area (Å²) in [5.41, 5.74) is -0.527. The molecule has 0 aromatic heterocycles. The molecule has 0 aliphatic heterocycles. The predicted octanol–water partition coefficient (Wildman–Crippen LogP) is 3.25. The molecule has 8 heteroatoms. The Hall–Kier alpha value is -1.18. The molecule has 0 spiro atoms. The molecule has 18 heavy (non-hydrogen) atoms. The molecule has 0 heterocycles. The molecular weight excluding hydrogens is 327 g/mol. The molecule has 6 nitrogen and oxygen atoms in total. The fraction of sp³-hybridized carbons (Fsp3) is 0.300. The molecule has 1 N–H and O–H groups in total. The summed E-state index contributed by atoms with van der Waals surface area (Å²) in [5.74, 6) is -0.792. The standard InChI is InChI=1S/C10H10BrClN2O4/c1-5(2)13(16)10(15)7-3-6(11)4-8(9(7)12)14(17)18/h3-5,16H,1-2H3. The minimum atomic E-state index is -0.792. The number of amides is 1. The molecule has 1 amide bonds. The summed E-state index contributed by atoms with van der Waals surface area (Å²) >= 11 is 8.85. The first-order chi connectivity index (χ1) is 8.25. The summed E-state index contributed by atoms with van der Waals surface area (Å²) in [6.07, 6.45) is 0. The molecule has 0 aliphatic rings. The van der Waals surface area contributed by atoms with E-state index in [-0.39, 0.29) is 10.6 Å². The topological polar surface area (TPSA) is 83.7 Å². The number of nitro groups is 1. The molecule has 0 fully saturated rings. The van der Waals surface area contributed by atoms with Crippen LogP contribution in [0.4, 0.5) is 5.69 Å². The van der Waals surface area contributed by atoms with E-state index in [0.29, 0.717) is 9.54 Å². The molecular formula is C10H10BrClN2O4. The number of carbonyl (C=O) groups excluding carboxylic acids is 1. The molecule has 1 aromatic rings. The third-order valence-corrected chi connectivity index (χ3v) is 3.00. The lowest BCUT2D eigenvalue weighted by Crippen LogP contribution is -2.33. The third kappa shape index (κ3) is 2.98. The minimum Gasteiger partial charge on any atom is -0.285 e. The number of hydroxylamine groups is 2. The zero-order chi connectivity index (χ0) is 14.0. The molecule has 0 saturated carbocycles. The van der Waals surface area contributed by atoms with E-state index >= 15 is 0 Å². The van der Waals surface area contributed by atoms with Gasteiger partial charge >= 0.3 is 0 Å². The molecule has 0 unspecified atom stereocenters. The lowest BCUT2D eigenvalue weighted by molar-refractivity contribution is -0.384. The molecule has 0 radical (unpaired) electrons. The van der Waals surface area contributed by atoms with Gasteiger partial charge in [-0.1, -0.05) is 27.5 Å². The normalized spacial score (nSPS) is 10.6. The van der Waals surface area contributed by atoms with E-state index in [1.165, 1.54) is 12.1 Å². The van der Waals surface area contributed by atoms with Crippen molar-refractivity contribution in [2.24, 2.45) is 0 Å². The average Bonchev–Trinajstić information content (AvgIpc) is 2.29. The first-order valence-corrected chi connectivity index (χ1v) is 6.08.